The average Bonchev–Trinajstić information content (AvgIpc) is 3.32. The van der Waals surface area contributed by atoms with Crippen LogP contribution in [0.4, 0.5) is 11.5 Å². The Labute approximate surface area is 160 Å². The summed E-state index contributed by atoms with van der Waals surface area (Å²) in [5.74, 6) is 0.767. The molecule has 4 aromatic rings. The van der Waals surface area contributed by atoms with Crippen LogP contribution >= 0.6 is 0 Å². The third kappa shape index (κ3) is 2.73. The Hall–Kier alpha value is -3.87. The van der Waals surface area contributed by atoms with Gasteiger partial charge in [-0.1, -0.05) is 24.7 Å². The van der Waals surface area contributed by atoms with Crippen molar-refractivity contribution in [2.75, 3.05) is 5.32 Å². The average molecular weight is 370 g/mol. The maximum atomic E-state index is 5.61. The fourth-order valence-corrected chi connectivity index (χ4v) is 3.32. The Morgan fingerprint density at radius 1 is 1.21 bits per heavy atom. The third-order valence-corrected chi connectivity index (χ3v) is 4.89. The Morgan fingerprint density at radius 2 is 2.14 bits per heavy atom. The monoisotopic (exact) mass is 370 g/mol. The van der Waals surface area contributed by atoms with Gasteiger partial charge in [0.25, 0.3) is 0 Å². The van der Waals surface area contributed by atoms with E-state index in [4.69, 9.17) is 4.52 Å². The highest BCUT2D eigenvalue weighted by Crippen LogP contribution is 2.33. The molecule has 0 spiro atoms. The van der Waals surface area contributed by atoms with Gasteiger partial charge in [0, 0.05) is 41.2 Å². The molecule has 0 amide bonds. The standard InChI is InChI=1S/C21H18N6O/c1-12-5-6-14(11-23-12)13(2)19-16-8-7-15(10-18(16)28-27-19)24-21-20-17(25-26-21)4-3-9-22-20/h3-11,13,23H,1H2,2H3,(H2,24,25,26). The summed E-state index contributed by atoms with van der Waals surface area (Å²) in [5.41, 5.74) is 6.15. The van der Waals surface area contributed by atoms with E-state index in [0.717, 1.165) is 44.7 Å². The Kier molecular flexibility index (Phi) is 3.72. The number of hydrogen-bond acceptors (Lipinski definition) is 6. The van der Waals surface area contributed by atoms with Crippen LogP contribution in [0.2, 0.25) is 0 Å². The first-order valence-electron chi connectivity index (χ1n) is 8.98. The number of fused-ring (bicyclic) bond motifs is 2. The fraction of sp³-hybridized carbons (Fsp3) is 0.0952. The van der Waals surface area contributed by atoms with E-state index in [1.165, 1.54) is 0 Å². The molecule has 1 aliphatic rings. The molecule has 7 nitrogen and oxygen atoms in total. The van der Waals surface area contributed by atoms with Crippen molar-refractivity contribution in [3.63, 3.8) is 0 Å². The summed E-state index contributed by atoms with van der Waals surface area (Å²) in [7, 11) is 0. The van der Waals surface area contributed by atoms with Gasteiger partial charge >= 0.3 is 0 Å². The van der Waals surface area contributed by atoms with Gasteiger partial charge in [0.1, 0.15) is 5.52 Å². The first-order chi connectivity index (χ1) is 13.7. The molecule has 0 radical (unpaired) electrons. The molecule has 1 aromatic carbocycles. The van der Waals surface area contributed by atoms with Crippen LogP contribution in [0.5, 0.6) is 0 Å². The zero-order valence-corrected chi connectivity index (χ0v) is 15.2. The highest BCUT2D eigenvalue weighted by Gasteiger charge is 2.19. The molecule has 0 bridgehead atoms. The van der Waals surface area contributed by atoms with Crippen molar-refractivity contribution in [1.29, 1.82) is 0 Å². The van der Waals surface area contributed by atoms with Crippen molar-refractivity contribution in [2.24, 2.45) is 0 Å². The van der Waals surface area contributed by atoms with Crippen molar-refractivity contribution < 1.29 is 4.52 Å². The number of benzene rings is 1. The minimum absolute atomic E-state index is 0.0939. The number of dihydropyridines is 1. The lowest BCUT2D eigenvalue weighted by molar-refractivity contribution is 0.443. The molecule has 0 saturated carbocycles. The van der Waals surface area contributed by atoms with Gasteiger partial charge in [0.2, 0.25) is 0 Å². The van der Waals surface area contributed by atoms with Gasteiger partial charge < -0.3 is 15.2 Å². The van der Waals surface area contributed by atoms with Crippen molar-refractivity contribution in [2.45, 2.75) is 12.8 Å². The molecule has 0 fully saturated rings. The van der Waals surface area contributed by atoms with E-state index in [1.54, 1.807) is 6.20 Å². The Balaban J connectivity index is 1.45. The molecule has 7 heteroatoms. The zero-order chi connectivity index (χ0) is 19.1. The second-order valence-corrected chi connectivity index (χ2v) is 6.74. The number of allylic oxidation sites excluding steroid dienone is 3. The molecule has 0 aliphatic carbocycles. The second-order valence-electron chi connectivity index (χ2n) is 6.74. The van der Waals surface area contributed by atoms with E-state index in [-0.39, 0.29) is 5.92 Å². The number of aromatic amines is 1. The van der Waals surface area contributed by atoms with E-state index in [9.17, 15) is 0 Å². The minimum atomic E-state index is 0.0939. The molecule has 3 aromatic heterocycles. The van der Waals surface area contributed by atoms with Crippen molar-refractivity contribution in [1.82, 2.24) is 25.7 Å². The summed E-state index contributed by atoms with van der Waals surface area (Å²) in [6.45, 7) is 5.99. The number of pyridine rings is 1. The summed E-state index contributed by atoms with van der Waals surface area (Å²) >= 11 is 0. The summed E-state index contributed by atoms with van der Waals surface area (Å²) in [4.78, 5) is 4.37. The van der Waals surface area contributed by atoms with Crippen LogP contribution in [-0.4, -0.2) is 20.3 Å². The SMILES string of the molecule is C=C1C=CC(C(C)c2noc3cc(Nc4n[nH]c5cccnc45)ccc23)=CN1. The van der Waals surface area contributed by atoms with Crippen LogP contribution in [0.1, 0.15) is 18.5 Å². The van der Waals surface area contributed by atoms with Gasteiger partial charge in [-0.05, 0) is 35.9 Å². The number of aromatic nitrogens is 4. The van der Waals surface area contributed by atoms with Crippen LogP contribution in [-0.2, 0) is 0 Å². The Bertz CT molecular complexity index is 1260. The molecule has 0 saturated heterocycles. The highest BCUT2D eigenvalue weighted by atomic mass is 16.5. The van der Waals surface area contributed by atoms with E-state index < -0.39 is 0 Å². The minimum Gasteiger partial charge on any atom is -0.362 e. The largest absolute Gasteiger partial charge is 0.362 e. The van der Waals surface area contributed by atoms with Gasteiger partial charge in [-0.25, -0.2) is 0 Å². The van der Waals surface area contributed by atoms with Crippen LogP contribution < -0.4 is 10.6 Å². The normalized spacial score (nSPS) is 14.9. The lowest BCUT2D eigenvalue weighted by atomic mass is 9.94. The third-order valence-electron chi connectivity index (χ3n) is 4.89. The molecule has 1 atom stereocenters. The topological polar surface area (TPSA) is 91.7 Å². The predicted octanol–water partition coefficient (Wildman–Crippen LogP) is 4.50. The first kappa shape index (κ1) is 16.3. The quantitative estimate of drug-likeness (QED) is 0.490. The van der Waals surface area contributed by atoms with E-state index in [0.29, 0.717) is 5.82 Å². The Morgan fingerprint density at radius 3 is 3.00 bits per heavy atom. The van der Waals surface area contributed by atoms with Crippen LogP contribution in [0.3, 0.4) is 0 Å². The molecule has 4 heterocycles. The summed E-state index contributed by atoms with van der Waals surface area (Å²) in [6.07, 6.45) is 7.71. The number of nitrogens with zero attached hydrogens (tertiary/aromatic N) is 3. The molecule has 1 aliphatic heterocycles. The molecule has 3 N–H and O–H groups in total. The molecule has 138 valence electrons. The zero-order valence-electron chi connectivity index (χ0n) is 15.2. The van der Waals surface area contributed by atoms with Crippen LogP contribution in [0, 0.1) is 0 Å². The van der Waals surface area contributed by atoms with Crippen LogP contribution in [0.15, 0.2) is 77.3 Å². The van der Waals surface area contributed by atoms with Gasteiger partial charge in [0.05, 0.1) is 11.2 Å². The van der Waals surface area contributed by atoms with Gasteiger partial charge in [-0.15, -0.1) is 0 Å². The predicted molar refractivity (Wildman–Crippen MR) is 109 cm³/mol. The first-order valence-corrected chi connectivity index (χ1v) is 8.98. The maximum Gasteiger partial charge on any atom is 0.178 e. The molecular weight excluding hydrogens is 352 g/mol. The lowest BCUT2D eigenvalue weighted by Gasteiger charge is -2.15. The van der Waals surface area contributed by atoms with E-state index in [1.807, 2.05) is 42.6 Å². The van der Waals surface area contributed by atoms with Crippen molar-refractivity contribution in [3.8, 4) is 0 Å². The molecule has 5 rings (SSSR count). The molecule has 28 heavy (non-hydrogen) atoms. The van der Waals surface area contributed by atoms with Crippen LogP contribution in [0.25, 0.3) is 22.0 Å². The number of rotatable bonds is 4. The molecule has 1 unspecified atom stereocenters. The second kappa shape index (κ2) is 6.38. The van der Waals surface area contributed by atoms with Crippen molar-refractivity contribution in [3.05, 3.63) is 78.4 Å². The number of hydrogen-bond donors (Lipinski definition) is 3. The smallest absolute Gasteiger partial charge is 0.178 e. The van der Waals surface area contributed by atoms with Gasteiger partial charge in [0.15, 0.2) is 11.4 Å². The number of H-pyrrole nitrogens is 1. The fourth-order valence-electron chi connectivity index (χ4n) is 3.32. The maximum absolute atomic E-state index is 5.61. The summed E-state index contributed by atoms with van der Waals surface area (Å²) in [5, 5.41) is 19.0. The van der Waals surface area contributed by atoms with Gasteiger partial charge in [-0.3, -0.25) is 10.1 Å². The van der Waals surface area contributed by atoms with E-state index in [2.05, 4.69) is 50.6 Å². The van der Waals surface area contributed by atoms with E-state index >= 15 is 0 Å². The summed E-state index contributed by atoms with van der Waals surface area (Å²) < 4.78 is 5.61. The van der Waals surface area contributed by atoms with Gasteiger partial charge in [-0.2, -0.15) is 5.10 Å². The molecular formula is C21H18N6O. The number of anilines is 2. The lowest BCUT2D eigenvalue weighted by Crippen LogP contribution is -2.10. The highest BCUT2D eigenvalue weighted by molar-refractivity contribution is 5.89. The summed E-state index contributed by atoms with van der Waals surface area (Å²) in [6, 6.07) is 9.74. The number of nitrogens with one attached hydrogen (secondary N) is 3. The van der Waals surface area contributed by atoms with Crippen molar-refractivity contribution >= 4 is 33.5 Å².